The van der Waals surface area contributed by atoms with E-state index < -0.39 is 23.7 Å². The molecule has 0 saturated carbocycles. The maximum atomic E-state index is 13.2. The number of amides is 2. The Morgan fingerprint density at radius 1 is 1.48 bits per heavy atom. The first-order chi connectivity index (χ1) is 10.0. The van der Waals surface area contributed by atoms with E-state index in [0.29, 0.717) is 25.1 Å². The third kappa shape index (κ3) is 3.62. The molecular weight excluding hydrogens is 279 g/mol. The number of carboxylic acid groups (broad SMARTS) is 1. The summed E-state index contributed by atoms with van der Waals surface area (Å²) in [6, 6.07) is 3.36. The molecule has 1 aliphatic rings. The SMILES string of the molecule is COc1ccc(F)cc1NC(=O)N1CCCC(C(=O)O)C1. The molecule has 1 unspecified atom stereocenters. The van der Waals surface area contributed by atoms with Crippen molar-refractivity contribution in [2.75, 3.05) is 25.5 Å². The molecule has 1 aromatic carbocycles. The highest BCUT2D eigenvalue weighted by atomic mass is 19.1. The smallest absolute Gasteiger partial charge is 0.321 e. The lowest BCUT2D eigenvalue weighted by molar-refractivity contribution is -0.143. The van der Waals surface area contributed by atoms with Gasteiger partial charge in [0.2, 0.25) is 0 Å². The highest BCUT2D eigenvalue weighted by molar-refractivity contribution is 5.91. The Labute approximate surface area is 121 Å². The zero-order valence-electron chi connectivity index (χ0n) is 11.6. The van der Waals surface area contributed by atoms with Crippen LogP contribution >= 0.6 is 0 Å². The molecule has 1 fully saturated rings. The molecule has 1 aliphatic heterocycles. The van der Waals surface area contributed by atoms with Crippen molar-refractivity contribution >= 4 is 17.7 Å². The zero-order chi connectivity index (χ0) is 15.4. The summed E-state index contributed by atoms with van der Waals surface area (Å²) in [6.45, 7) is 0.631. The number of aliphatic carboxylic acids is 1. The molecule has 6 nitrogen and oxygen atoms in total. The van der Waals surface area contributed by atoms with Gasteiger partial charge in [-0.2, -0.15) is 0 Å². The van der Waals surface area contributed by atoms with Crippen molar-refractivity contribution in [3.8, 4) is 5.75 Å². The lowest BCUT2D eigenvalue weighted by Gasteiger charge is -2.30. The number of nitrogens with zero attached hydrogens (tertiary/aromatic N) is 1. The van der Waals surface area contributed by atoms with Gasteiger partial charge in [0.25, 0.3) is 0 Å². The number of methoxy groups -OCH3 is 1. The first kappa shape index (κ1) is 15.1. The van der Waals surface area contributed by atoms with Crippen LogP contribution in [0, 0.1) is 11.7 Å². The molecule has 7 heteroatoms. The van der Waals surface area contributed by atoms with Gasteiger partial charge in [0.1, 0.15) is 11.6 Å². The van der Waals surface area contributed by atoms with Gasteiger partial charge in [-0.05, 0) is 25.0 Å². The summed E-state index contributed by atoms with van der Waals surface area (Å²) >= 11 is 0. The number of urea groups is 1. The van der Waals surface area contributed by atoms with Crippen LogP contribution in [0.4, 0.5) is 14.9 Å². The molecule has 0 aromatic heterocycles. The molecule has 1 aromatic rings. The highest BCUT2D eigenvalue weighted by Gasteiger charge is 2.28. The average Bonchev–Trinajstić information content (AvgIpc) is 2.47. The quantitative estimate of drug-likeness (QED) is 0.896. The summed E-state index contributed by atoms with van der Waals surface area (Å²) in [5.74, 6) is -1.61. The molecule has 2 amide bonds. The van der Waals surface area contributed by atoms with Gasteiger partial charge < -0.3 is 20.1 Å². The number of rotatable bonds is 3. The standard InChI is InChI=1S/C14H17FN2O4/c1-21-12-5-4-10(15)7-11(12)16-14(20)17-6-2-3-9(8-17)13(18)19/h4-5,7,9H,2-3,6,8H2,1H3,(H,16,20)(H,18,19). The number of hydrogen-bond donors (Lipinski definition) is 2. The average molecular weight is 296 g/mol. The molecule has 1 heterocycles. The van der Waals surface area contributed by atoms with Crippen LogP contribution in [-0.2, 0) is 4.79 Å². The Kier molecular flexibility index (Phi) is 4.62. The Bertz CT molecular complexity index is 550. The summed E-state index contributed by atoms with van der Waals surface area (Å²) in [5, 5.41) is 11.6. The Balaban J connectivity index is 2.07. The van der Waals surface area contributed by atoms with Gasteiger partial charge in [0.15, 0.2) is 0 Å². The van der Waals surface area contributed by atoms with Gasteiger partial charge in [0.05, 0.1) is 18.7 Å². The van der Waals surface area contributed by atoms with E-state index in [1.165, 1.54) is 24.1 Å². The lowest BCUT2D eigenvalue weighted by atomic mass is 9.99. The summed E-state index contributed by atoms with van der Waals surface area (Å²) < 4.78 is 18.3. The number of likely N-dealkylation sites (tertiary alicyclic amines) is 1. The minimum Gasteiger partial charge on any atom is -0.495 e. The predicted molar refractivity (Wildman–Crippen MR) is 73.9 cm³/mol. The molecule has 0 aliphatic carbocycles. The van der Waals surface area contributed by atoms with Gasteiger partial charge in [-0.15, -0.1) is 0 Å². The third-order valence-electron chi connectivity index (χ3n) is 3.46. The molecule has 1 atom stereocenters. The minimum absolute atomic E-state index is 0.152. The van der Waals surface area contributed by atoms with Crippen molar-refractivity contribution in [1.82, 2.24) is 4.90 Å². The van der Waals surface area contributed by atoms with Crippen molar-refractivity contribution in [1.29, 1.82) is 0 Å². The van der Waals surface area contributed by atoms with E-state index in [1.807, 2.05) is 0 Å². The van der Waals surface area contributed by atoms with Crippen molar-refractivity contribution in [3.63, 3.8) is 0 Å². The van der Waals surface area contributed by atoms with Crippen LogP contribution in [0.3, 0.4) is 0 Å². The van der Waals surface area contributed by atoms with Crippen LogP contribution < -0.4 is 10.1 Å². The topological polar surface area (TPSA) is 78.9 Å². The van der Waals surface area contributed by atoms with E-state index in [-0.39, 0.29) is 12.2 Å². The van der Waals surface area contributed by atoms with Crippen LogP contribution in [0.15, 0.2) is 18.2 Å². The number of nitrogens with one attached hydrogen (secondary N) is 1. The fourth-order valence-corrected chi connectivity index (χ4v) is 2.34. The van der Waals surface area contributed by atoms with Crippen molar-refractivity contribution in [2.24, 2.45) is 5.92 Å². The summed E-state index contributed by atoms with van der Waals surface area (Å²) in [6.07, 6.45) is 1.19. The van der Waals surface area contributed by atoms with Crippen molar-refractivity contribution < 1.29 is 23.8 Å². The third-order valence-corrected chi connectivity index (χ3v) is 3.46. The monoisotopic (exact) mass is 296 g/mol. The van der Waals surface area contributed by atoms with E-state index in [1.54, 1.807) is 0 Å². The first-order valence-corrected chi connectivity index (χ1v) is 6.63. The number of anilines is 1. The van der Waals surface area contributed by atoms with Gasteiger partial charge in [-0.25, -0.2) is 9.18 Å². The van der Waals surface area contributed by atoms with Gasteiger partial charge in [0, 0.05) is 19.2 Å². The van der Waals surface area contributed by atoms with Gasteiger partial charge >= 0.3 is 12.0 Å². The van der Waals surface area contributed by atoms with Crippen LogP contribution in [0.2, 0.25) is 0 Å². The first-order valence-electron chi connectivity index (χ1n) is 6.63. The molecular formula is C14H17FN2O4. The molecule has 1 saturated heterocycles. The van der Waals surface area contributed by atoms with Crippen LogP contribution in [0.5, 0.6) is 5.75 Å². The van der Waals surface area contributed by atoms with Gasteiger partial charge in [-0.3, -0.25) is 4.79 Å². The number of ether oxygens (including phenoxy) is 1. The summed E-state index contributed by atoms with van der Waals surface area (Å²) in [7, 11) is 1.42. The van der Waals surface area contributed by atoms with Crippen LogP contribution in [0.25, 0.3) is 0 Å². The normalized spacial score (nSPS) is 18.2. The fourth-order valence-electron chi connectivity index (χ4n) is 2.34. The number of carbonyl (C=O) groups excluding carboxylic acids is 1. The fraction of sp³-hybridized carbons (Fsp3) is 0.429. The minimum atomic E-state index is -0.907. The van der Waals surface area contributed by atoms with E-state index >= 15 is 0 Å². The van der Waals surface area contributed by atoms with Crippen molar-refractivity contribution in [3.05, 3.63) is 24.0 Å². The second-order valence-electron chi connectivity index (χ2n) is 4.90. The Morgan fingerprint density at radius 3 is 2.90 bits per heavy atom. The summed E-state index contributed by atoms with van der Waals surface area (Å²) in [5.41, 5.74) is 0.222. The second kappa shape index (κ2) is 6.43. The number of piperidine rings is 1. The second-order valence-corrected chi connectivity index (χ2v) is 4.90. The summed E-state index contributed by atoms with van der Waals surface area (Å²) in [4.78, 5) is 24.6. The number of halogens is 1. The molecule has 0 spiro atoms. The highest BCUT2D eigenvalue weighted by Crippen LogP contribution is 2.26. The van der Waals surface area contributed by atoms with E-state index in [9.17, 15) is 14.0 Å². The van der Waals surface area contributed by atoms with Crippen LogP contribution in [0.1, 0.15) is 12.8 Å². The molecule has 21 heavy (non-hydrogen) atoms. The largest absolute Gasteiger partial charge is 0.495 e. The zero-order valence-corrected chi connectivity index (χ0v) is 11.6. The molecule has 0 bridgehead atoms. The van der Waals surface area contributed by atoms with E-state index in [4.69, 9.17) is 9.84 Å². The van der Waals surface area contributed by atoms with Crippen LogP contribution in [-0.4, -0.2) is 42.2 Å². The lowest BCUT2D eigenvalue weighted by Crippen LogP contribution is -2.44. The maximum Gasteiger partial charge on any atom is 0.321 e. The Hall–Kier alpha value is -2.31. The predicted octanol–water partition coefficient (Wildman–Crippen LogP) is 2.16. The number of carboxylic acids is 1. The maximum absolute atomic E-state index is 13.2. The number of carbonyl (C=O) groups is 2. The van der Waals surface area contributed by atoms with E-state index in [0.717, 1.165) is 6.07 Å². The molecule has 2 rings (SSSR count). The molecule has 2 N–H and O–H groups in total. The van der Waals surface area contributed by atoms with Gasteiger partial charge in [-0.1, -0.05) is 0 Å². The Morgan fingerprint density at radius 2 is 2.24 bits per heavy atom. The molecule has 114 valence electrons. The van der Waals surface area contributed by atoms with Crippen molar-refractivity contribution in [2.45, 2.75) is 12.8 Å². The number of hydrogen-bond acceptors (Lipinski definition) is 3. The number of benzene rings is 1. The van der Waals surface area contributed by atoms with E-state index in [2.05, 4.69) is 5.32 Å². The molecule has 0 radical (unpaired) electrons.